The van der Waals surface area contributed by atoms with E-state index in [4.69, 9.17) is 10.5 Å². The molecule has 0 aliphatic carbocycles. The zero-order valence-electron chi connectivity index (χ0n) is 10.5. The Morgan fingerprint density at radius 1 is 1.05 bits per heavy atom. The minimum Gasteiger partial charge on any atom is -0.489 e. The molecule has 2 aromatic rings. The molecule has 0 heterocycles. The van der Waals surface area contributed by atoms with Crippen LogP contribution in [0.25, 0.3) is 0 Å². The number of hydrogen-bond donors (Lipinski definition) is 1. The molecule has 102 valence electrons. The van der Waals surface area contributed by atoms with Crippen molar-refractivity contribution in [2.75, 3.05) is 6.67 Å². The van der Waals surface area contributed by atoms with Crippen LogP contribution in [0.15, 0.2) is 54.6 Å². The van der Waals surface area contributed by atoms with Crippen LogP contribution in [0, 0.1) is 0 Å². The number of rotatable bonds is 5. The van der Waals surface area contributed by atoms with Crippen molar-refractivity contribution < 1.29 is 9.13 Å². The first-order valence-corrected chi connectivity index (χ1v) is 5.88. The van der Waals surface area contributed by atoms with E-state index in [2.05, 4.69) is 0 Å². The summed E-state index contributed by atoms with van der Waals surface area (Å²) in [7, 11) is 0. The number of nitrogens with two attached hydrogens (primary N) is 1. The van der Waals surface area contributed by atoms with Gasteiger partial charge in [0.15, 0.2) is 0 Å². The Morgan fingerprint density at radius 2 is 1.79 bits per heavy atom. The second-order valence-electron chi connectivity index (χ2n) is 4.11. The second kappa shape index (κ2) is 7.77. The molecule has 0 radical (unpaired) electrons. The van der Waals surface area contributed by atoms with E-state index in [1.165, 1.54) is 0 Å². The van der Waals surface area contributed by atoms with E-state index in [-0.39, 0.29) is 12.4 Å². The summed E-state index contributed by atoms with van der Waals surface area (Å²) < 4.78 is 18.1. The molecule has 0 amide bonds. The van der Waals surface area contributed by atoms with Crippen LogP contribution in [0.5, 0.6) is 5.75 Å². The van der Waals surface area contributed by atoms with Gasteiger partial charge in [0.05, 0.1) is 6.04 Å². The summed E-state index contributed by atoms with van der Waals surface area (Å²) in [5, 5.41) is 0. The van der Waals surface area contributed by atoms with Crippen molar-refractivity contribution >= 4 is 12.4 Å². The third-order valence-corrected chi connectivity index (χ3v) is 2.70. The standard InChI is InChI=1S/C15H16FNO.ClH/c16-10-15(17)13-7-4-8-14(9-13)18-11-12-5-2-1-3-6-12;/h1-9,15H,10-11,17H2;1H/t15-;/m1./s1. The summed E-state index contributed by atoms with van der Waals surface area (Å²) in [4.78, 5) is 0. The lowest BCUT2D eigenvalue weighted by atomic mass is 10.1. The number of alkyl halides is 1. The lowest BCUT2D eigenvalue weighted by molar-refractivity contribution is 0.305. The first-order chi connectivity index (χ1) is 8.79. The number of benzene rings is 2. The van der Waals surface area contributed by atoms with Crippen molar-refractivity contribution in [3.63, 3.8) is 0 Å². The average Bonchev–Trinajstić information content (AvgIpc) is 2.45. The predicted molar refractivity (Wildman–Crippen MR) is 77.4 cm³/mol. The van der Waals surface area contributed by atoms with Crippen molar-refractivity contribution in [3.8, 4) is 5.75 Å². The van der Waals surface area contributed by atoms with Crippen LogP contribution in [-0.4, -0.2) is 6.67 Å². The molecule has 0 fully saturated rings. The molecule has 4 heteroatoms. The third kappa shape index (κ3) is 4.54. The van der Waals surface area contributed by atoms with Crippen LogP contribution >= 0.6 is 12.4 Å². The lowest BCUT2D eigenvalue weighted by Gasteiger charge is -2.10. The van der Waals surface area contributed by atoms with E-state index in [1.54, 1.807) is 12.1 Å². The molecule has 0 aliphatic rings. The molecule has 19 heavy (non-hydrogen) atoms. The molecule has 0 saturated carbocycles. The van der Waals surface area contributed by atoms with Gasteiger partial charge < -0.3 is 10.5 Å². The van der Waals surface area contributed by atoms with E-state index in [0.29, 0.717) is 12.4 Å². The number of hydrogen-bond acceptors (Lipinski definition) is 2. The smallest absolute Gasteiger partial charge is 0.120 e. The van der Waals surface area contributed by atoms with Crippen molar-refractivity contribution in [2.24, 2.45) is 5.73 Å². The topological polar surface area (TPSA) is 35.2 Å². The molecule has 2 nitrogen and oxygen atoms in total. The van der Waals surface area contributed by atoms with Gasteiger partial charge in [-0.3, -0.25) is 0 Å². The fourth-order valence-electron chi connectivity index (χ4n) is 1.66. The van der Waals surface area contributed by atoms with Crippen LogP contribution in [0.1, 0.15) is 17.2 Å². The predicted octanol–water partition coefficient (Wildman–Crippen LogP) is 3.66. The zero-order chi connectivity index (χ0) is 12.8. The summed E-state index contributed by atoms with van der Waals surface area (Å²) in [5.74, 6) is 0.709. The molecule has 0 bridgehead atoms. The first-order valence-electron chi connectivity index (χ1n) is 5.88. The summed E-state index contributed by atoms with van der Waals surface area (Å²) in [6.07, 6.45) is 0. The quantitative estimate of drug-likeness (QED) is 0.908. The fourth-order valence-corrected chi connectivity index (χ4v) is 1.66. The van der Waals surface area contributed by atoms with Crippen LogP contribution in [-0.2, 0) is 6.61 Å². The molecule has 2 N–H and O–H groups in total. The van der Waals surface area contributed by atoms with Gasteiger partial charge in [0.1, 0.15) is 19.0 Å². The highest BCUT2D eigenvalue weighted by Gasteiger charge is 2.06. The van der Waals surface area contributed by atoms with Crippen molar-refractivity contribution in [1.29, 1.82) is 0 Å². The zero-order valence-corrected chi connectivity index (χ0v) is 11.3. The number of ether oxygens (including phenoxy) is 1. The van der Waals surface area contributed by atoms with Gasteiger partial charge in [0.25, 0.3) is 0 Å². The van der Waals surface area contributed by atoms with Crippen LogP contribution in [0.4, 0.5) is 4.39 Å². The summed E-state index contributed by atoms with van der Waals surface area (Å²) >= 11 is 0. The monoisotopic (exact) mass is 281 g/mol. The minimum atomic E-state index is -0.578. The van der Waals surface area contributed by atoms with Crippen LogP contribution in [0.2, 0.25) is 0 Å². The summed E-state index contributed by atoms with van der Waals surface area (Å²) in [5.41, 5.74) is 7.49. The normalized spacial score (nSPS) is 11.5. The highest BCUT2D eigenvalue weighted by molar-refractivity contribution is 5.85. The average molecular weight is 282 g/mol. The van der Waals surface area contributed by atoms with E-state index >= 15 is 0 Å². The van der Waals surface area contributed by atoms with Crippen molar-refractivity contribution in [3.05, 3.63) is 65.7 Å². The molecule has 1 atom stereocenters. The number of halogens is 2. The Labute approximate surface area is 118 Å². The third-order valence-electron chi connectivity index (χ3n) is 2.70. The summed E-state index contributed by atoms with van der Waals surface area (Å²) in [6, 6.07) is 16.6. The molecule has 0 saturated heterocycles. The molecule has 0 spiro atoms. The maximum absolute atomic E-state index is 12.5. The van der Waals surface area contributed by atoms with E-state index in [1.807, 2.05) is 42.5 Å². The lowest BCUT2D eigenvalue weighted by Crippen LogP contribution is -2.12. The Kier molecular flexibility index (Phi) is 6.33. The molecular weight excluding hydrogens is 265 g/mol. The van der Waals surface area contributed by atoms with Gasteiger partial charge >= 0.3 is 0 Å². The minimum absolute atomic E-state index is 0. The van der Waals surface area contributed by atoms with Gasteiger partial charge in [-0.25, -0.2) is 4.39 Å². The second-order valence-corrected chi connectivity index (χ2v) is 4.11. The van der Waals surface area contributed by atoms with Gasteiger partial charge in [-0.2, -0.15) is 0 Å². The van der Waals surface area contributed by atoms with Crippen LogP contribution in [0.3, 0.4) is 0 Å². The van der Waals surface area contributed by atoms with Gasteiger partial charge in [0.2, 0.25) is 0 Å². The Balaban J connectivity index is 0.00000180. The summed E-state index contributed by atoms with van der Waals surface area (Å²) in [6.45, 7) is -0.0721. The molecule has 2 aromatic carbocycles. The maximum Gasteiger partial charge on any atom is 0.120 e. The van der Waals surface area contributed by atoms with Gasteiger partial charge in [-0.1, -0.05) is 42.5 Å². The molecule has 2 rings (SSSR count). The highest BCUT2D eigenvalue weighted by atomic mass is 35.5. The fraction of sp³-hybridized carbons (Fsp3) is 0.200. The van der Waals surface area contributed by atoms with Gasteiger partial charge in [-0.05, 0) is 23.3 Å². The largest absolute Gasteiger partial charge is 0.489 e. The highest BCUT2D eigenvalue weighted by Crippen LogP contribution is 2.19. The van der Waals surface area contributed by atoms with E-state index in [9.17, 15) is 4.39 Å². The molecule has 0 aliphatic heterocycles. The van der Waals surface area contributed by atoms with Gasteiger partial charge in [0, 0.05) is 0 Å². The Bertz CT molecular complexity index is 493. The van der Waals surface area contributed by atoms with E-state index < -0.39 is 12.7 Å². The Morgan fingerprint density at radius 3 is 2.47 bits per heavy atom. The molecular formula is C15H17ClFNO. The molecule has 0 aromatic heterocycles. The van der Waals surface area contributed by atoms with E-state index in [0.717, 1.165) is 11.1 Å². The van der Waals surface area contributed by atoms with Gasteiger partial charge in [-0.15, -0.1) is 12.4 Å². The van der Waals surface area contributed by atoms with Crippen molar-refractivity contribution in [1.82, 2.24) is 0 Å². The SMILES string of the molecule is Cl.N[C@H](CF)c1cccc(OCc2ccccc2)c1. The molecule has 0 unspecified atom stereocenters. The van der Waals surface area contributed by atoms with Crippen LogP contribution < -0.4 is 10.5 Å². The maximum atomic E-state index is 12.5. The Hall–Kier alpha value is -1.58. The van der Waals surface area contributed by atoms with Crippen molar-refractivity contribution in [2.45, 2.75) is 12.6 Å². The first kappa shape index (κ1) is 15.5.